The third-order valence-electron chi connectivity index (χ3n) is 3.17. The van der Waals surface area contributed by atoms with Crippen LogP contribution in [0.2, 0.25) is 0 Å². The monoisotopic (exact) mass is 274 g/mol. The van der Waals surface area contributed by atoms with Crippen molar-refractivity contribution in [3.05, 3.63) is 0 Å². The molecule has 4 N–H and O–H groups in total. The minimum atomic E-state index is -1.45. The van der Waals surface area contributed by atoms with Gasteiger partial charge in [-0.25, -0.2) is 9.59 Å². The zero-order valence-electron chi connectivity index (χ0n) is 10.6. The first-order chi connectivity index (χ1) is 8.81. The van der Waals surface area contributed by atoms with Gasteiger partial charge in [-0.15, -0.1) is 0 Å². The topological polar surface area (TPSA) is 127 Å². The minimum absolute atomic E-state index is 0.0338. The van der Waals surface area contributed by atoms with Crippen LogP contribution < -0.4 is 5.32 Å². The van der Waals surface area contributed by atoms with Crippen molar-refractivity contribution in [2.24, 2.45) is 5.92 Å². The molecule has 108 valence electrons. The predicted octanol–water partition coefficient (Wildman–Crippen LogP) is -0.673. The Kier molecular flexibility index (Phi) is 5.11. The molecule has 2 amide bonds. The van der Waals surface area contributed by atoms with Crippen LogP contribution in [0.15, 0.2) is 0 Å². The summed E-state index contributed by atoms with van der Waals surface area (Å²) in [5.74, 6) is -2.72. The molecule has 1 fully saturated rings. The highest BCUT2D eigenvalue weighted by molar-refractivity contribution is 5.86. The third kappa shape index (κ3) is 4.40. The normalized spacial score (nSPS) is 21.8. The second kappa shape index (κ2) is 6.37. The molecule has 0 radical (unpaired) electrons. The zero-order chi connectivity index (χ0) is 14.6. The maximum atomic E-state index is 11.8. The van der Waals surface area contributed by atoms with Gasteiger partial charge in [-0.05, 0) is 13.3 Å². The average Bonchev–Trinajstić information content (AvgIpc) is 2.76. The van der Waals surface area contributed by atoms with Gasteiger partial charge in [0.25, 0.3) is 0 Å². The highest BCUT2D eigenvalue weighted by Crippen LogP contribution is 2.19. The molecule has 0 saturated carbocycles. The van der Waals surface area contributed by atoms with E-state index in [-0.39, 0.29) is 5.92 Å². The van der Waals surface area contributed by atoms with E-state index in [0.29, 0.717) is 19.5 Å². The van der Waals surface area contributed by atoms with Crippen LogP contribution >= 0.6 is 0 Å². The number of carbonyl (C=O) groups excluding carboxylic acids is 1. The third-order valence-corrected chi connectivity index (χ3v) is 3.17. The molecular formula is C11H18N2O6. The van der Waals surface area contributed by atoms with Crippen molar-refractivity contribution in [2.45, 2.75) is 31.9 Å². The summed E-state index contributed by atoms with van der Waals surface area (Å²) in [5, 5.41) is 29.0. The molecule has 8 nitrogen and oxygen atoms in total. The number of hydrogen-bond acceptors (Lipinski definition) is 4. The smallest absolute Gasteiger partial charge is 0.326 e. The maximum Gasteiger partial charge on any atom is 0.326 e. The van der Waals surface area contributed by atoms with E-state index in [1.807, 2.05) is 0 Å². The van der Waals surface area contributed by atoms with Crippen molar-refractivity contribution in [2.75, 3.05) is 13.1 Å². The summed E-state index contributed by atoms with van der Waals surface area (Å²) in [6.45, 7) is 2.39. The molecule has 0 aromatic carbocycles. The van der Waals surface area contributed by atoms with E-state index in [1.54, 1.807) is 6.92 Å². The van der Waals surface area contributed by atoms with E-state index in [0.717, 1.165) is 0 Å². The van der Waals surface area contributed by atoms with Crippen LogP contribution in [0, 0.1) is 5.92 Å². The van der Waals surface area contributed by atoms with Gasteiger partial charge in [-0.3, -0.25) is 4.79 Å². The largest absolute Gasteiger partial charge is 0.481 e. The number of likely N-dealkylation sites (tertiary alicyclic amines) is 1. The first-order valence-corrected chi connectivity index (χ1v) is 5.99. The number of rotatable bonds is 5. The summed E-state index contributed by atoms with van der Waals surface area (Å²) >= 11 is 0. The fourth-order valence-corrected chi connectivity index (χ4v) is 1.98. The molecule has 0 spiro atoms. The SMILES string of the molecule is CC(O)C1CCN(C(=O)N[C@@H](CC(=O)O)C(=O)O)C1. The van der Waals surface area contributed by atoms with E-state index in [2.05, 4.69) is 5.32 Å². The van der Waals surface area contributed by atoms with Crippen molar-refractivity contribution >= 4 is 18.0 Å². The van der Waals surface area contributed by atoms with Gasteiger partial charge in [-0.1, -0.05) is 0 Å². The van der Waals surface area contributed by atoms with Gasteiger partial charge in [-0.2, -0.15) is 0 Å². The quantitative estimate of drug-likeness (QED) is 0.526. The molecule has 19 heavy (non-hydrogen) atoms. The number of aliphatic hydroxyl groups excluding tert-OH is 1. The molecule has 2 unspecified atom stereocenters. The summed E-state index contributed by atoms with van der Waals surface area (Å²) in [5.41, 5.74) is 0. The van der Waals surface area contributed by atoms with E-state index >= 15 is 0 Å². The number of carboxylic acids is 2. The van der Waals surface area contributed by atoms with Gasteiger partial charge < -0.3 is 25.5 Å². The first kappa shape index (κ1) is 15.2. The Morgan fingerprint density at radius 2 is 2.00 bits per heavy atom. The van der Waals surface area contributed by atoms with E-state index in [9.17, 15) is 19.5 Å². The molecule has 0 aromatic rings. The summed E-state index contributed by atoms with van der Waals surface area (Å²) in [6, 6.07) is -2.06. The average molecular weight is 274 g/mol. The maximum absolute atomic E-state index is 11.8. The lowest BCUT2D eigenvalue weighted by atomic mass is 10.0. The molecule has 0 aliphatic carbocycles. The number of amides is 2. The van der Waals surface area contributed by atoms with Gasteiger partial charge in [0, 0.05) is 19.0 Å². The van der Waals surface area contributed by atoms with Crippen LogP contribution in [-0.2, 0) is 9.59 Å². The Morgan fingerprint density at radius 1 is 1.37 bits per heavy atom. The predicted molar refractivity (Wildman–Crippen MR) is 63.6 cm³/mol. The van der Waals surface area contributed by atoms with Gasteiger partial charge >= 0.3 is 18.0 Å². The fourth-order valence-electron chi connectivity index (χ4n) is 1.98. The Morgan fingerprint density at radius 3 is 2.42 bits per heavy atom. The van der Waals surface area contributed by atoms with Crippen LogP contribution in [-0.4, -0.2) is 63.4 Å². The number of carbonyl (C=O) groups is 3. The summed E-state index contributed by atoms with van der Waals surface area (Å²) in [4.78, 5) is 34.5. The number of carboxylic acid groups (broad SMARTS) is 2. The molecule has 1 heterocycles. The summed E-state index contributed by atoms with van der Waals surface area (Å²) in [6.07, 6.45) is -0.566. The molecule has 8 heteroatoms. The van der Waals surface area contributed by atoms with Gasteiger partial charge in [0.05, 0.1) is 12.5 Å². The Hall–Kier alpha value is -1.83. The van der Waals surface area contributed by atoms with Crippen LogP contribution in [0.1, 0.15) is 19.8 Å². The number of hydrogen-bond donors (Lipinski definition) is 4. The number of urea groups is 1. The highest BCUT2D eigenvalue weighted by atomic mass is 16.4. The molecule has 0 bridgehead atoms. The fraction of sp³-hybridized carbons (Fsp3) is 0.727. The van der Waals surface area contributed by atoms with Gasteiger partial charge in [0.15, 0.2) is 0 Å². The van der Waals surface area contributed by atoms with Crippen molar-refractivity contribution in [3.63, 3.8) is 0 Å². The lowest BCUT2D eigenvalue weighted by Gasteiger charge is -2.20. The Labute approximate surface area is 110 Å². The Bertz CT molecular complexity index is 370. The molecular weight excluding hydrogens is 256 g/mol. The summed E-state index contributed by atoms with van der Waals surface area (Å²) in [7, 11) is 0. The number of nitrogens with zero attached hydrogens (tertiary/aromatic N) is 1. The lowest BCUT2D eigenvalue weighted by Crippen LogP contribution is -2.48. The van der Waals surface area contributed by atoms with E-state index < -0.39 is 36.5 Å². The van der Waals surface area contributed by atoms with E-state index in [1.165, 1.54) is 4.90 Å². The number of nitrogens with one attached hydrogen (secondary N) is 1. The van der Waals surface area contributed by atoms with Crippen LogP contribution in [0.4, 0.5) is 4.79 Å². The molecule has 1 aliphatic rings. The summed E-state index contributed by atoms with van der Waals surface area (Å²) < 4.78 is 0. The zero-order valence-corrected chi connectivity index (χ0v) is 10.6. The van der Waals surface area contributed by atoms with E-state index in [4.69, 9.17) is 10.2 Å². The van der Waals surface area contributed by atoms with Gasteiger partial charge in [0.1, 0.15) is 6.04 Å². The van der Waals surface area contributed by atoms with Crippen molar-refractivity contribution in [1.82, 2.24) is 10.2 Å². The van der Waals surface area contributed by atoms with Crippen molar-refractivity contribution in [3.8, 4) is 0 Å². The Balaban J connectivity index is 2.54. The second-order valence-corrected chi connectivity index (χ2v) is 4.67. The standard InChI is InChI=1S/C11H18N2O6/c1-6(14)7-2-3-13(5-7)11(19)12-8(10(17)18)4-9(15)16/h6-8,14H,2-5H2,1H3,(H,12,19)(H,15,16)(H,17,18)/t6?,7?,8-/m0/s1. The second-order valence-electron chi connectivity index (χ2n) is 4.67. The highest BCUT2D eigenvalue weighted by Gasteiger charge is 2.31. The number of aliphatic carboxylic acids is 2. The molecule has 3 atom stereocenters. The van der Waals surface area contributed by atoms with Crippen molar-refractivity contribution in [1.29, 1.82) is 0 Å². The van der Waals surface area contributed by atoms with Gasteiger partial charge in [0.2, 0.25) is 0 Å². The molecule has 0 aromatic heterocycles. The first-order valence-electron chi connectivity index (χ1n) is 5.99. The molecule has 1 aliphatic heterocycles. The molecule has 1 rings (SSSR count). The molecule has 1 saturated heterocycles. The minimum Gasteiger partial charge on any atom is -0.481 e. The van der Waals surface area contributed by atoms with Crippen LogP contribution in [0.25, 0.3) is 0 Å². The lowest BCUT2D eigenvalue weighted by molar-refractivity contribution is -0.145. The van der Waals surface area contributed by atoms with Crippen molar-refractivity contribution < 1.29 is 29.7 Å². The van der Waals surface area contributed by atoms with Crippen LogP contribution in [0.3, 0.4) is 0 Å². The number of aliphatic hydroxyl groups is 1. The van der Waals surface area contributed by atoms with Crippen LogP contribution in [0.5, 0.6) is 0 Å².